The van der Waals surface area contributed by atoms with E-state index < -0.39 is 28.3 Å². The van der Waals surface area contributed by atoms with Crippen LogP contribution in [-0.2, 0) is 49.7 Å². The summed E-state index contributed by atoms with van der Waals surface area (Å²) in [6.07, 6.45) is 46.4. The van der Waals surface area contributed by atoms with Crippen molar-refractivity contribution in [2.24, 2.45) is 29.6 Å². The van der Waals surface area contributed by atoms with E-state index in [1.807, 2.05) is 80.6 Å². The van der Waals surface area contributed by atoms with Gasteiger partial charge in [0.25, 0.3) is 0 Å². The number of allylic oxidation sites excluding steroid dienone is 5. The summed E-state index contributed by atoms with van der Waals surface area (Å²) in [6, 6.07) is 19.3. The molecule has 17 nitrogen and oxygen atoms in total. The summed E-state index contributed by atoms with van der Waals surface area (Å²) in [5.74, 6) is 4.50. The molecule has 0 spiro atoms. The first-order valence-electron chi connectivity index (χ1n) is 43.9. The Balaban J connectivity index is 0.000000162. The average molecular weight is 1700 g/mol. The van der Waals surface area contributed by atoms with Crippen molar-refractivity contribution in [3.05, 3.63) is 210 Å². The molecule has 0 bridgehead atoms. The van der Waals surface area contributed by atoms with Gasteiger partial charge in [-0.15, -0.1) is 0 Å². The summed E-state index contributed by atoms with van der Waals surface area (Å²) in [5.41, 5.74) is 7.19. The van der Waals surface area contributed by atoms with Crippen LogP contribution in [0.4, 0.5) is 50.5 Å². The molecule has 14 rings (SSSR count). The van der Waals surface area contributed by atoms with Crippen molar-refractivity contribution < 1.29 is 70.0 Å². The van der Waals surface area contributed by atoms with Crippen molar-refractivity contribution in [2.75, 3.05) is 52.5 Å². The molecule has 2 atom stereocenters. The van der Waals surface area contributed by atoms with Crippen LogP contribution in [0.15, 0.2) is 154 Å². The number of nitrogens with one attached hydrogen (secondary N) is 4. The Bertz CT molecular complexity index is 4740. The van der Waals surface area contributed by atoms with Gasteiger partial charge in [-0.25, -0.2) is 26.9 Å². The number of rotatable bonds is 22. The van der Waals surface area contributed by atoms with Crippen molar-refractivity contribution in [1.29, 1.82) is 5.26 Å². The molecule has 0 saturated heterocycles. The van der Waals surface area contributed by atoms with Gasteiger partial charge in [-0.2, -0.15) is 5.26 Å². The van der Waals surface area contributed by atoms with Crippen molar-refractivity contribution in [3.8, 4) is 29.1 Å². The molecule has 22 heteroatoms. The van der Waals surface area contributed by atoms with Crippen LogP contribution in [-0.4, -0.2) is 107 Å². The molecular weight excluding hydrogens is 1580 g/mol. The van der Waals surface area contributed by atoms with Gasteiger partial charge in [-0.05, 0) is 297 Å². The standard InChI is InChI=1S/C22H28FNO3.2C21H26FNO2.C20H24FNO2.C18H20FN3O/c1-3-20(26)24(11-12-25)19-14-17(21-18(15-19)8-13-27-21)5-4-16-6-9-22(2,23)10-7-16;2*1-4-19(24)23-18-12-16(20-17(13-18)11-14(2)25-20)6-5-15-7-9-21(3,22)10-8-15;1-3-18(23)22-17-12-15(19-16(13-17)8-11-24-19)5-4-14-6-9-20(2,21)10-7-14;1-3-17(23)22-16-10-14(15(11-20)12-21-16)5-4-13-6-8-18(2,19)9-7-13/h3-5,14-16,25H,1,6-13H2,2H3;2*4-6,12-15H,1,7-11H2,2-3H3,(H,23,24);3-5,12-14H,1,6-11H2,2H3,(H,22,23);3-5,10,12-13H,1,6-9H2,2H3,(H,21,22,23)/b5-4+;2*6-5+;2*5-4+/t;2*14-,15?,21?;;/m.10../s1. The van der Waals surface area contributed by atoms with Crippen LogP contribution in [0.5, 0.6) is 23.0 Å². The number of nitrogens with zero attached hydrogens (tertiary/aromatic N) is 3. The topological polar surface area (TPSA) is 231 Å². The maximum atomic E-state index is 14.0. The van der Waals surface area contributed by atoms with E-state index >= 15 is 0 Å². The first kappa shape index (κ1) is 95.3. The number of ether oxygens (including phenoxy) is 4. The van der Waals surface area contributed by atoms with E-state index in [1.165, 1.54) is 35.4 Å². The Morgan fingerprint density at radius 3 is 1.10 bits per heavy atom. The van der Waals surface area contributed by atoms with Crippen LogP contribution in [0.1, 0.15) is 233 Å². The highest BCUT2D eigenvalue weighted by molar-refractivity contribution is 6.02. The summed E-state index contributed by atoms with van der Waals surface area (Å²) in [7, 11) is 0. The van der Waals surface area contributed by atoms with Gasteiger partial charge >= 0.3 is 0 Å². The summed E-state index contributed by atoms with van der Waals surface area (Å²) >= 11 is 0. The van der Waals surface area contributed by atoms with E-state index in [0.717, 1.165) is 186 Å². The van der Waals surface area contributed by atoms with Gasteiger partial charge in [-0.1, -0.05) is 93.7 Å². The third-order valence-corrected chi connectivity index (χ3v) is 24.7. The minimum absolute atomic E-state index is 0.123. The molecular formula is C102H124F5N7O10. The minimum atomic E-state index is -1.05. The first-order valence-corrected chi connectivity index (χ1v) is 43.9. The zero-order chi connectivity index (χ0) is 89.5. The molecule has 0 radical (unpaired) electrons. The maximum absolute atomic E-state index is 14.0. The quantitative estimate of drug-likeness (QED) is 0.0322. The fraction of sp³-hybridized carbons (Fsp3) is 0.461. The Morgan fingerprint density at radius 2 is 0.766 bits per heavy atom. The van der Waals surface area contributed by atoms with Gasteiger partial charge < -0.3 is 50.2 Å². The van der Waals surface area contributed by atoms with E-state index in [0.29, 0.717) is 124 Å². The number of fused-ring (bicyclic) bond motifs is 4. The minimum Gasteiger partial charge on any atom is -0.492 e. The summed E-state index contributed by atoms with van der Waals surface area (Å²) < 4.78 is 93.1. The average Bonchev–Trinajstić information content (AvgIpc) is 1.65. The number of alkyl halides is 5. The molecule has 5 amide bonds. The molecule has 5 aromatic rings. The number of aliphatic hydroxyl groups excluding tert-OH is 1. The second kappa shape index (κ2) is 43.6. The van der Waals surface area contributed by atoms with Gasteiger partial charge in [0.05, 0.1) is 25.4 Å². The SMILES string of the molecule is C=CC(=O)N(CCO)c1cc(/C=C/C2CCC(C)(F)CC2)c2c(c1)CCO2.C=CC(=O)Nc1cc(/C=C/C2CCC(C)(F)CC2)c(C#N)cn1.C=CC(=O)Nc1cc(/C=C/C2CCC(C)(F)CC2)c2c(c1)CCO2.C=CC(=O)Nc1cc(/C=C/C2CCC(C)(F)CC2)c2c(c1)C[C@@H](C)O2.C=CC(=O)Nc1cc(/C=C/C2CCC(C)(F)CC2)c2c(c1)C[C@H](C)O2. The Kier molecular flexibility index (Phi) is 33.5. The number of nitriles is 1. The van der Waals surface area contributed by atoms with Crippen molar-refractivity contribution in [2.45, 2.75) is 243 Å². The van der Waals surface area contributed by atoms with Crippen molar-refractivity contribution in [1.82, 2.24) is 4.98 Å². The lowest BCUT2D eigenvalue weighted by Crippen LogP contribution is -2.32. The molecule has 5 aliphatic carbocycles. The fourth-order valence-electron chi connectivity index (χ4n) is 17.1. The molecule has 5 saturated carbocycles. The van der Waals surface area contributed by atoms with Gasteiger partial charge in [0, 0.05) is 106 Å². The van der Waals surface area contributed by atoms with Crippen molar-refractivity contribution >= 4 is 88.5 Å². The molecule has 662 valence electrons. The lowest BCUT2D eigenvalue weighted by Gasteiger charge is -2.29. The van der Waals surface area contributed by atoms with E-state index in [2.05, 4.69) is 108 Å². The van der Waals surface area contributed by atoms with Crippen LogP contribution in [0.25, 0.3) is 30.4 Å². The lowest BCUT2D eigenvalue weighted by molar-refractivity contribution is -0.114. The van der Waals surface area contributed by atoms with E-state index in [1.54, 1.807) is 40.7 Å². The third kappa shape index (κ3) is 28.3. The van der Waals surface area contributed by atoms with Crippen molar-refractivity contribution in [3.63, 3.8) is 0 Å². The number of hydrogen-bond donors (Lipinski definition) is 5. The predicted molar refractivity (Wildman–Crippen MR) is 488 cm³/mol. The molecule has 4 aromatic carbocycles. The van der Waals surface area contributed by atoms with Gasteiger partial charge in [0.15, 0.2) is 0 Å². The Morgan fingerprint density at radius 1 is 0.452 bits per heavy atom. The number of aromatic nitrogens is 1. The Labute approximate surface area is 729 Å². The molecule has 5 fully saturated rings. The van der Waals surface area contributed by atoms with Crippen LogP contribution in [0.3, 0.4) is 0 Å². The summed E-state index contributed by atoms with van der Waals surface area (Å²) in [4.78, 5) is 63.8. The maximum Gasteiger partial charge on any atom is 0.250 e. The second-order valence-corrected chi connectivity index (χ2v) is 35.7. The highest BCUT2D eigenvalue weighted by Crippen LogP contribution is 2.45. The van der Waals surface area contributed by atoms with Crippen LogP contribution in [0, 0.1) is 40.9 Å². The number of amides is 5. The van der Waals surface area contributed by atoms with Crippen LogP contribution >= 0.6 is 0 Å². The number of halogens is 5. The molecule has 1 aromatic heterocycles. The number of anilines is 5. The zero-order valence-corrected chi connectivity index (χ0v) is 73.2. The van der Waals surface area contributed by atoms with Crippen LogP contribution in [0.2, 0.25) is 0 Å². The summed E-state index contributed by atoms with van der Waals surface area (Å²) in [5, 5.41) is 29.5. The molecule has 0 unspecified atom stereocenters. The highest BCUT2D eigenvalue weighted by Gasteiger charge is 2.36. The highest BCUT2D eigenvalue weighted by atomic mass is 19.2. The number of pyridine rings is 1. The fourth-order valence-corrected chi connectivity index (χ4v) is 17.1. The normalized spacial score (nSPS) is 26.3. The predicted octanol–water partition coefficient (Wildman–Crippen LogP) is 22.9. The van der Waals surface area contributed by atoms with E-state index in [9.17, 15) is 51.0 Å². The summed E-state index contributed by atoms with van der Waals surface area (Å²) in [6.45, 7) is 31.3. The van der Waals surface area contributed by atoms with Gasteiger partial charge in [-0.3, -0.25) is 24.0 Å². The lowest BCUT2D eigenvalue weighted by atomic mass is 9.81. The first-order chi connectivity index (χ1) is 59.0. The molecule has 124 heavy (non-hydrogen) atoms. The number of aliphatic hydroxyl groups is 1. The Hall–Kier alpha value is -10.9. The molecule has 9 aliphatic rings. The number of carbonyl (C=O) groups is 5. The van der Waals surface area contributed by atoms with Gasteiger partial charge in [0.1, 0.15) is 75.4 Å². The second-order valence-electron chi connectivity index (χ2n) is 35.7. The molecule has 4 aliphatic heterocycles. The molecule has 5 N–H and O–H groups in total. The monoisotopic (exact) mass is 1700 g/mol. The zero-order valence-electron chi connectivity index (χ0n) is 73.2. The van der Waals surface area contributed by atoms with Gasteiger partial charge in [0.2, 0.25) is 29.5 Å². The van der Waals surface area contributed by atoms with E-state index in [-0.39, 0.29) is 54.9 Å². The smallest absolute Gasteiger partial charge is 0.250 e. The van der Waals surface area contributed by atoms with Crippen LogP contribution < -0.4 is 45.1 Å². The van der Waals surface area contributed by atoms with E-state index in [4.69, 9.17) is 24.2 Å². The third-order valence-electron chi connectivity index (χ3n) is 24.7. The molecule has 5 heterocycles. The largest absolute Gasteiger partial charge is 0.492 e. The number of carbonyl (C=O) groups excluding carboxylic acids is 5. The number of benzene rings is 4. The number of hydrogen-bond acceptors (Lipinski definition) is 12.